The van der Waals surface area contributed by atoms with E-state index < -0.39 is 5.97 Å². The maximum absolute atomic E-state index is 12.3. The highest BCUT2D eigenvalue weighted by atomic mass is 35.5. The van der Waals surface area contributed by atoms with Gasteiger partial charge in [-0.3, -0.25) is 0 Å². The van der Waals surface area contributed by atoms with E-state index in [9.17, 15) is 14.7 Å². The van der Waals surface area contributed by atoms with Crippen LogP contribution in [-0.2, 0) is 0 Å². The van der Waals surface area contributed by atoms with E-state index in [0.717, 1.165) is 12.8 Å². The first-order chi connectivity index (χ1) is 9.90. The zero-order valence-corrected chi connectivity index (χ0v) is 13.0. The molecule has 7 heteroatoms. The van der Waals surface area contributed by atoms with E-state index in [4.69, 9.17) is 23.2 Å². The average molecular weight is 331 g/mol. The van der Waals surface area contributed by atoms with Gasteiger partial charge in [-0.15, -0.1) is 0 Å². The van der Waals surface area contributed by atoms with E-state index in [2.05, 4.69) is 12.2 Å². The molecule has 0 aromatic heterocycles. The molecule has 0 aliphatic carbocycles. The normalized spacial score (nSPS) is 18.4. The summed E-state index contributed by atoms with van der Waals surface area (Å²) in [7, 11) is 0. The van der Waals surface area contributed by atoms with Crippen LogP contribution in [-0.4, -0.2) is 35.1 Å². The Labute approximate surface area is 132 Å². The third-order valence-electron chi connectivity index (χ3n) is 3.49. The number of rotatable bonds is 2. The zero-order valence-electron chi connectivity index (χ0n) is 11.5. The maximum atomic E-state index is 12.3. The number of urea groups is 1. The van der Waals surface area contributed by atoms with Crippen molar-refractivity contribution in [3.63, 3.8) is 0 Å². The molecule has 1 heterocycles. The van der Waals surface area contributed by atoms with Crippen molar-refractivity contribution in [1.29, 1.82) is 0 Å². The fourth-order valence-electron chi connectivity index (χ4n) is 2.44. The van der Waals surface area contributed by atoms with Crippen molar-refractivity contribution in [2.45, 2.75) is 19.8 Å². The third-order valence-corrected chi connectivity index (χ3v) is 4.12. The summed E-state index contributed by atoms with van der Waals surface area (Å²) in [4.78, 5) is 25.2. The number of carboxylic acid groups (broad SMARTS) is 1. The molecular weight excluding hydrogens is 315 g/mol. The molecule has 1 aromatic rings. The minimum absolute atomic E-state index is 0.0363. The number of carbonyl (C=O) groups is 2. The molecule has 2 amide bonds. The summed E-state index contributed by atoms with van der Waals surface area (Å²) < 4.78 is 0. The fraction of sp³-hybridized carbons (Fsp3) is 0.429. The van der Waals surface area contributed by atoms with Crippen molar-refractivity contribution in [3.05, 3.63) is 27.7 Å². The molecule has 2 rings (SSSR count). The number of hydrogen-bond donors (Lipinski definition) is 2. The van der Waals surface area contributed by atoms with E-state index >= 15 is 0 Å². The number of amides is 2. The van der Waals surface area contributed by atoms with Gasteiger partial charge in [-0.2, -0.15) is 0 Å². The Bertz CT molecular complexity index is 578. The topological polar surface area (TPSA) is 69.6 Å². The Morgan fingerprint density at radius 3 is 2.62 bits per heavy atom. The van der Waals surface area contributed by atoms with Gasteiger partial charge in [0.1, 0.15) is 5.56 Å². The molecule has 114 valence electrons. The van der Waals surface area contributed by atoms with Crippen molar-refractivity contribution in [2.24, 2.45) is 5.92 Å². The van der Waals surface area contributed by atoms with Gasteiger partial charge in [0.2, 0.25) is 0 Å². The number of anilines is 1. The van der Waals surface area contributed by atoms with Gasteiger partial charge in [0, 0.05) is 13.1 Å². The molecule has 1 unspecified atom stereocenters. The van der Waals surface area contributed by atoms with Crippen LogP contribution in [0.15, 0.2) is 12.1 Å². The van der Waals surface area contributed by atoms with Crippen molar-refractivity contribution >= 4 is 40.9 Å². The molecule has 0 radical (unpaired) electrons. The van der Waals surface area contributed by atoms with Gasteiger partial charge in [-0.05, 0) is 30.9 Å². The second-order valence-electron chi connectivity index (χ2n) is 5.21. The molecule has 1 aliphatic rings. The van der Waals surface area contributed by atoms with E-state index in [1.807, 2.05) is 0 Å². The van der Waals surface area contributed by atoms with Crippen LogP contribution < -0.4 is 5.32 Å². The SMILES string of the molecule is CC1CCCN(C(=O)Nc2c(Cl)ccc(Cl)c2C(=O)O)C1. The molecule has 1 saturated heterocycles. The number of aromatic carboxylic acids is 1. The Morgan fingerprint density at radius 1 is 1.33 bits per heavy atom. The van der Waals surface area contributed by atoms with Crippen LogP contribution in [0.3, 0.4) is 0 Å². The molecule has 1 atom stereocenters. The molecule has 0 saturated carbocycles. The molecule has 21 heavy (non-hydrogen) atoms. The number of likely N-dealkylation sites (tertiary alicyclic amines) is 1. The summed E-state index contributed by atoms with van der Waals surface area (Å²) >= 11 is 11.9. The predicted molar refractivity (Wildman–Crippen MR) is 82.4 cm³/mol. The monoisotopic (exact) mass is 330 g/mol. The molecule has 1 aliphatic heterocycles. The van der Waals surface area contributed by atoms with Crippen LogP contribution in [0.1, 0.15) is 30.1 Å². The van der Waals surface area contributed by atoms with Crippen molar-refractivity contribution < 1.29 is 14.7 Å². The first-order valence-electron chi connectivity index (χ1n) is 6.67. The Hall–Kier alpha value is -1.46. The number of benzene rings is 1. The number of halogens is 2. The van der Waals surface area contributed by atoms with Crippen LogP contribution in [0.2, 0.25) is 10.0 Å². The van der Waals surface area contributed by atoms with E-state index in [-0.39, 0.29) is 27.3 Å². The number of hydrogen-bond acceptors (Lipinski definition) is 2. The number of nitrogens with zero attached hydrogens (tertiary/aromatic N) is 1. The molecule has 0 spiro atoms. The third kappa shape index (κ3) is 3.60. The van der Waals surface area contributed by atoms with Crippen molar-refractivity contribution in [3.8, 4) is 0 Å². The highest BCUT2D eigenvalue weighted by Gasteiger charge is 2.24. The zero-order chi connectivity index (χ0) is 15.6. The van der Waals surface area contributed by atoms with E-state index in [1.54, 1.807) is 4.90 Å². The molecule has 1 fully saturated rings. The van der Waals surface area contributed by atoms with Crippen molar-refractivity contribution in [1.82, 2.24) is 4.90 Å². The van der Waals surface area contributed by atoms with Gasteiger partial charge in [0.25, 0.3) is 0 Å². The van der Waals surface area contributed by atoms with Gasteiger partial charge < -0.3 is 15.3 Å². The lowest BCUT2D eigenvalue weighted by atomic mass is 10.0. The van der Waals surface area contributed by atoms with Gasteiger partial charge in [0.15, 0.2) is 0 Å². The standard InChI is InChI=1S/C14H16Cl2N2O3/c1-8-3-2-6-18(7-8)14(21)17-12-10(16)5-4-9(15)11(12)13(19)20/h4-5,8H,2-3,6-7H2,1H3,(H,17,21)(H,19,20). The highest BCUT2D eigenvalue weighted by Crippen LogP contribution is 2.32. The smallest absolute Gasteiger partial charge is 0.339 e. The lowest BCUT2D eigenvalue weighted by molar-refractivity contribution is 0.0698. The molecule has 5 nitrogen and oxygen atoms in total. The van der Waals surface area contributed by atoms with Gasteiger partial charge in [-0.1, -0.05) is 30.1 Å². The number of piperidine rings is 1. The van der Waals surface area contributed by atoms with Crippen LogP contribution in [0.4, 0.5) is 10.5 Å². The van der Waals surface area contributed by atoms with Gasteiger partial charge in [0.05, 0.1) is 15.7 Å². The quantitative estimate of drug-likeness (QED) is 0.862. The predicted octanol–water partition coefficient (Wildman–Crippen LogP) is 3.96. The molecular formula is C14H16Cl2N2O3. The molecule has 1 aromatic carbocycles. The second kappa shape index (κ2) is 6.54. The van der Waals surface area contributed by atoms with Crippen LogP contribution in [0, 0.1) is 5.92 Å². The fourth-order valence-corrected chi connectivity index (χ4v) is 2.89. The Morgan fingerprint density at radius 2 is 2.00 bits per heavy atom. The number of nitrogens with one attached hydrogen (secondary N) is 1. The number of carbonyl (C=O) groups excluding carboxylic acids is 1. The highest BCUT2D eigenvalue weighted by molar-refractivity contribution is 6.38. The van der Waals surface area contributed by atoms with Crippen molar-refractivity contribution in [2.75, 3.05) is 18.4 Å². The largest absolute Gasteiger partial charge is 0.478 e. The Kier molecular flexibility index (Phi) is 4.96. The average Bonchev–Trinajstić information content (AvgIpc) is 2.42. The second-order valence-corrected chi connectivity index (χ2v) is 6.02. The number of carboxylic acids is 1. The summed E-state index contributed by atoms with van der Waals surface area (Å²) in [5.41, 5.74) is -0.150. The van der Waals surface area contributed by atoms with E-state index in [0.29, 0.717) is 19.0 Å². The first kappa shape index (κ1) is 15.9. The summed E-state index contributed by atoms with van der Waals surface area (Å²) in [5.74, 6) is -0.803. The van der Waals surface area contributed by atoms with Gasteiger partial charge in [-0.25, -0.2) is 9.59 Å². The maximum Gasteiger partial charge on any atom is 0.339 e. The van der Waals surface area contributed by atoms with Gasteiger partial charge >= 0.3 is 12.0 Å². The summed E-state index contributed by atoms with van der Waals surface area (Å²) in [6.07, 6.45) is 2.02. The van der Waals surface area contributed by atoms with E-state index in [1.165, 1.54) is 12.1 Å². The lowest BCUT2D eigenvalue weighted by Crippen LogP contribution is -2.41. The first-order valence-corrected chi connectivity index (χ1v) is 7.43. The minimum atomic E-state index is -1.23. The summed E-state index contributed by atoms with van der Waals surface area (Å²) in [6.45, 7) is 3.37. The van der Waals surface area contributed by atoms with Crippen LogP contribution in [0.5, 0.6) is 0 Å². The molecule has 0 bridgehead atoms. The van der Waals surface area contributed by atoms with Crippen LogP contribution in [0.25, 0.3) is 0 Å². The Balaban J connectivity index is 2.24. The lowest BCUT2D eigenvalue weighted by Gasteiger charge is -2.31. The molecule has 2 N–H and O–H groups in total. The summed E-state index contributed by atoms with van der Waals surface area (Å²) in [5, 5.41) is 12.0. The minimum Gasteiger partial charge on any atom is -0.478 e. The van der Waals surface area contributed by atoms with Crippen LogP contribution >= 0.6 is 23.2 Å². The summed E-state index contributed by atoms with van der Waals surface area (Å²) in [6, 6.07) is 2.50.